The number of aromatic amines is 1. The number of urea groups is 1. The van der Waals surface area contributed by atoms with Gasteiger partial charge in [0, 0.05) is 41.3 Å². The maximum absolute atomic E-state index is 13.8. The maximum atomic E-state index is 13.8. The minimum absolute atomic E-state index is 0.0643. The van der Waals surface area contributed by atoms with E-state index in [1.807, 2.05) is 23.1 Å². The SMILES string of the molecule is O=C1NC(=O)C(CC(=O)N2CC3(CCCN3C(=O)C3CCCc4c3[nH]c3ccc(Cl)cc43)C2)N1. The van der Waals surface area contributed by atoms with Gasteiger partial charge in [-0.2, -0.15) is 0 Å². The molecule has 178 valence electrons. The Labute approximate surface area is 201 Å². The van der Waals surface area contributed by atoms with Crippen molar-refractivity contribution in [3.8, 4) is 0 Å². The molecule has 1 spiro atoms. The molecule has 3 fully saturated rings. The molecule has 3 N–H and O–H groups in total. The van der Waals surface area contributed by atoms with Crippen LogP contribution in [0.4, 0.5) is 4.79 Å². The van der Waals surface area contributed by atoms with Crippen molar-refractivity contribution in [1.82, 2.24) is 25.4 Å². The molecular formula is C24H26ClN5O4. The van der Waals surface area contributed by atoms with E-state index in [9.17, 15) is 19.2 Å². The number of carbonyl (C=O) groups excluding carboxylic acids is 4. The molecule has 4 aliphatic rings. The van der Waals surface area contributed by atoms with E-state index in [0.717, 1.165) is 48.7 Å². The number of aryl methyl sites for hydroxylation is 1. The van der Waals surface area contributed by atoms with Gasteiger partial charge >= 0.3 is 6.03 Å². The van der Waals surface area contributed by atoms with E-state index < -0.39 is 18.0 Å². The Morgan fingerprint density at radius 1 is 1.18 bits per heavy atom. The summed E-state index contributed by atoms with van der Waals surface area (Å²) >= 11 is 6.23. The summed E-state index contributed by atoms with van der Waals surface area (Å²) in [6, 6.07) is 4.41. The van der Waals surface area contributed by atoms with Crippen LogP contribution in [0.3, 0.4) is 0 Å². The van der Waals surface area contributed by atoms with E-state index in [4.69, 9.17) is 11.6 Å². The molecule has 2 aromatic rings. The van der Waals surface area contributed by atoms with Crippen LogP contribution >= 0.6 is 11.6 Å². The number of fused-ring (bicyclic) bond motifs is 3. The number of hydrogen-bond acceptors (Lipinski definition) is 4. The van der Waals surface area contributed by atoms with Gasteiger partial charge in [-0.05, 0) is 55.9 Å². The van der Waals surface area contributed by atoms with E-state index >= 15 is 0 Å². The van der Waals surface area contributed by atoms with Gasteiger partial charge in [0.25, 0.3) is 5.91 Å². The second-order valence-corrected chi connectivity index (χ2v) is 10.4. The number of rotatable bonds is 3. The second-order valence-electron chi connectivity index (χ2n) is 9.94. The van der Waals surface area contributed by atoms with Gasteiger partial charge in [0.2, 0.25) is 11.8 Å². The fourth-order valence-electron chi connectivity index (χ4n) is 6.23. The highest BCUT2D eigenvalue weighted by molar-refractivity contribution is 6.31. The highest BCUT2D eigenvalue weighted by Crippen LogP contribution is 2.43. The molecule has 10 heteroatoms. The highest BCUT2D eigenvalue weighted by atomic mass is 35.5. The second kappa shape index (κ2) is 7.73. The number of nitrogens with zero attached hydrogens (tertiary/aromatic N) is 2. The number of imide groups is 1. The molecule has 1 aromatic heterocycles. The Morgan fingerprint density at radius 3 is 2.76 bits per heavy atom. The van der Waals surface area contributed by atoms with Crippen LogP contribution in [0.5, 0.6) is 0 Å². The number of H-pyrrole nitrogens is 1. The molecule has 0 radical (unpaired) electrons. The normalized spacial score (nSPS) is 25.3. The van der Waals surface area contributed by atoms with Crippen molar-refractivity contribution in [3.05, 3.63) is 34.5 Å². The predicted octanol–water partition coefficient (Wildman–Crippen LogP) is 2.04. The monoisotopic (exact) mass is 483 g/mol. The lowest BCUT2D eigenvalue weighted by Gasteiger charge is -2.53. The zero-order valence-electron chi connectivity index (χ0n) is 18.7. The Bertz CT molecular complexity index is 1230. The van der Waals surface area contributed by atoms with Crippen LogP contribution < -0.4 is 10.6 Å². The quantitative estimate of drug-likeness (QED) is 0.579. The topological polar surface area (TPSA) is 115 Å². The maximum Gasteiger partial charge on any atom is 0.322 e. The third-order valence-electron chi connectivity index (χ3n) is 7.89. The summed E-state index contributed by atoms with van der Waals surface area (Å²) in [5.41, 5.74) is 2.87. The molecule has 0 bridgehead atoms. The van der Waals surface area contributed by atoms with Gasteiger partial charge in [-0.15, -0.1) is 0 Å². The number of carbonyl (C=O) groups is 4. The van der Waals surface area contributed by atoms with Gasteiger partial charge < -0.3 is 20.1 Å². The Kier molecular flexibility index (Phi) is 4.88. The highest BCUT2D eigenvalue weighted by Gasteiger charge is 2.54. The number of amides is 5. The van der Waals surface area contributed by atoms with Crippen LogP contribution in [-0.4, -0.2) is 69.8 Å². The lowest BCUT2D eigenvalue weighted by atomic mass is 9.82. The number of nitrogens with one attached hydrogen (secondary N) is 3. The Balaban J connectivity index is 1.18. The molecule has 5 amide bonds. The van der Waals surface area contributed by atoms with Crippen molar-refractivity contribution in [3.63, 3.8) is 0 Å². The van der Waals surface area contributed by atoms with Crippen LogP contribution in [0.1, 0.15) is 49.3 Å². The lowest BCUT2D eigenvalue weighted by molar-refractivity contribution is -0.155. The third kappa shape index (κ3) is 3.28. The number of benzene rings is 1. The first-order valence-corrected chi connectivity index (χ1v) is 12.2. The summed E-state index contributed by atoms with van der Waals surface area (Å²) in [5.74, 6) is -0.739. The molecule has 6 rings (SSSR count). The zero-order valence-corrected chi connectivity index (χ0v) is 19.4. The summed E-state index contributed by atoms with van der Waals surface area (Å²) < 4.78 is 0. The Hall–Kier alpha value is -3.07. The predicted molar refractivity (Wildman–Crippen MR) is 124 cm³/mol. The van der Waals surface area contributed by atoms with Crippen molar-refractivity contribution < 1.29 is 19.2 Å². The number of hydrogen-bond donors (Lipinski definition) is 3. The minimum atomic E-state index is -0.825. The van der Waals surface area contributed by atoms with Gasteiger partial charge in [-0.1, -0.05) is 11.6 Å². The van der Waals surface area contributed by atoms with Gasteiger partial charge in [0.15, 0.2) is 0 Å². The fraction of sp³-hybridized carbons (Fsp3) is 0.500. The van der Waals surface area contributed by atoms with Crippen LogP contribution in [0.15, 0.2) is 18.2 Å². The molecule has 4 heterocycles. The Morgan fingerprint density at radius 2 is 2.00 bits per heavy atom. The molecule has 34 heavy (non-hydrogen) atoms. The standard InChI is InChI=1S/C24H26ClN5O4/c25-13-5-6-17-16(9-13)14-3-1-4-15(20(14)26-17)22(33)30-8-2-7-24(30)11-29(12-24)19(31)10-18-21(32)28-23(34)27-18/h5-6,9,15,18,26H,1-4,7-8,10-12H2,(H2,27,28,32,34). The van der Waals surface area contributed by atoms with Crippen molar-refractivity contribution in [2.45, 2.75) is 56.0 Å². The molecule has 1 aliphatic carbocycles. The molecule has 0 saturated carbocycles. The minimum Gasteiger partial charge on any atom is -0.357 e. The van der Waals surface area contributed by atoms with Crippen LogP contribution in [-0.2, 0) is 20.8 Å². The molecule has 1 aromatic carbocycles. The van der Waals surface area contributed by atoms with Gasteiger partial charge in [-0.25, -0.2) is 4.79 Å². The van der Waals surface area contributed by atoms with Crippen molar-refractivity contribution in [2.24, 2.45) is 0 Å². The van der Waals surface area contributed by atoms with E-state index in [1.54, 1.807) is 4.90 Å². The van der Waals surface area contributed by atoms with Gasteiger partial charge in [0.05, 0.1) is 17.9 Å². The van der Waals surface area contributed by atoms with Crippen molar-refractivity contribution in [2.75, 3.05) is 19.6 Å². The average Bonchev–Trinajstić information content (AvgIpc) is 3.46. The van der Waals surface area contributed by atoms with E-state index in [1.165, 1.54) is 5.56 Å². The number of likely N-dealkylation sites (tertiary alicyclic amines) is 2. The first-order valence-electron chi connectivity index (χ1n) is 11.9. The average molecular weight is 484 g/mol. The first kappa shape index (κ1) is 21.5. The largest absolute Gasteiger partial charge is 0.357 e. The zero-order chi connectivity index (χ0) is 23.6. The van der Waals surface area contributed by atoms with Gasteiger partial charge in [0.1, 0.15) is 6.04 Å². The molecular weight excluding hydrogens is 458 g/mol. The third-order valence-corrected chi connectivity index (χ3v) is 8.13. The lowest BCUT2D eigenvalue weighted by Crippen LogP contribution is -2.70. The number of aromatic nitrogens is 1. The number of halogens is 1. The fourth-order valence-corrected chi connectivity index (χ4v) is 6.40. The van der Waals surface area contributed by atoms with Crippen molar-refractivity contribution >= 4 is 46.3 Å². The molecule has 9 nitrogen and oxygen atoms in total. The first-order chi connectivity index (χ1) is 16.3. The molecule has 3 saturated heterocycles. The van der Waals surface area contributed by atoms with E-state index in [0.29, 0.717) is 24.7 Å². The van der Waals surface area contributed by atoms with E-state index in [-0.39, 0.29) is 29.7 Å². The van der Waals surface area contributed by atoms with E-state index in [2.05, 4.69) is 15.6 Å². The summed E-state index contributed by atoms with van der Waals surface area (Å²) in [6.07, 6.45) is 4.40. The summed E-state index contributed by atoms with van der Waals surface area (Å²) in [6.45, 7) is 1.64. The molecule has 2 atom stereocenters. The summed E-state index contributed by atoms with van der Waals surface area (Å²) in [5, 5.41) is 6.41. The van der Waals surface area contributed by atoms with Crippen LogP contribution in [0.2, 0.25) is 5.02 Å². The smallest absolute Gasteiger partial charge is 0.322 e. The molecule has 2 unspecified atom stereocenters. The molecule has 3 aliphatic heterocycles. The van der Waals surface area contributed by atoms with Crippen LogP contribution in [0, 0.1) is 0 Å². The van der Waals surface area contributed by atoms with Crippen molar-refractivity contribution in [1.29, 1.82) is 0 Å². The van der Waals surface area contributed by atoms with Gasteiger partial charge in [-0.3, -0.25) is 19.7 Å². The van der Waals surface area contributed by atoms with Crippen LogP contribution in [0.25, 0.3) is 10.9 Å². The summed E-state index contributed by atoms with van der Waals surface area (Å²) in [7, 11) is 0. The summed E-state index contributed by atoms with van der Waals surface area (Å²) in [4.78, 5) is 56.8.